The smallest absolute Gasteiger partial charge is 0.308 e. The van der Waals surface area contributed by atoms with E-state index in [0.29, 0.717) is 34.0 Å². The van der Waals surface area contributed by atoms with Crippen LogP contribution in [0.5, 0.6) is 0 Å². The molecule has 0 spiro atoms. The normalized spacial score (nSPS) is 19.6. The highest BCUT2D eigenvalue weighted by molar-refractivity contribution is 6.30. The van der Waals surface area contributed by atoms with E-state index >= 15 is 0 Å². The van der Waals surface area contributed by atoms with Crippen LogP contribution in [0.2, 0.25) is 5.02 Å². The monoisotopic (exact) mass is 710 g/mol. The van der Waals surface area contributed by atoms with E-state index in [1.165, 1.54) is 7.11 Å². The largest absolute Gasteiger partial charge is 0.469 e. The Morgan fingerprint density at radius 3 is 2.37 bits per heavy atom. The summed E-state index contributed by atoms with van der Waals surface area (Å²) in [5, 5.41) is 6.76. The number of aryl methyl sites for hydroxylation is 2. The number of hydrogen-bond acceptors (Lipinski definition) is 8. The third-order valence-corrected chi connectivity index (χ3v) is 10.9. The quantitative estimate of drug-likeness (QED) is 0.147. The highest BCUT2D eigenvalue weighted by Crippen LogP contribution is 2.43. The maximum atomic E-state index is 13.2. The lowest BCUT2D eigenvalue weighted by atomic mass is 9.89. The first-order valence-corrected chi connectivity index (χ1v) is 18.4. The number of likely N-dealkylation sites (tertiary alicyclic amines) is 1. The summed E-state index contributed by atoms with van der Waals surface area (Å²) in [6.45, 7) is 11.4. The molecule has 1 saturated carbocycles. The maximum Gasteiger partial charge on any atom is 0.308 e. The number of hydrogen-bond donors (Lipinski definition) is 0. The predicted molar refractivity (Wildman–Crippen MR) is 200 cm³/mol. The molecule has 51 heavy (non-hydrogen) atoms. The molecule has 268 valence electrons. The first-order valence-electron chi connectivity index (χ1n) is 18.0. The van der Waals surface area contributed by atoms with Gasteiger partial charge in [-0.1, -0.05) is 23.7 Å². The molecular formula is C41H47ClN4O5. The lowest BCUT2D eigenvalue weighted by Gasteiger charge is -2.35. The van der Waals surface area contributed by atoms with Gasteiger partial charge in [0.2, 0.25) is 5.89 Å². The number of piperidine rings is 1. The molecule has 7 rings (SSSR count). The van der Waals surface area contributed by atoms with E-state index in [2.05, 4.69) is 17.0 Å². The highest BCUT2D eigenvalue weighted by atomic mass is 35.5. The van der Waals surface area contributed by atoms with E-state index in [-0.39, 0.29) is 17.7 Å². The topological polar surface area (TPSA) is 99.7 Å². The summed E-state index contributed by atoms with van der Waals surface area (Å²) in [7, 11) is 3.48. The summed E-state index contributed by atoms with van der Waals surface area (Å²) in [5.74, 6) is 0.688. The van der Waals surface area contributed by atoms with Crippen molar-refractivity contribution < 1.29 is 23.5 Å². The lowest BCUT2D eigenvalue weighted by molar-refractivity contribution is -0.145. The molecular weight excluding hydrogens is 664 g/mol. The van der Waals surface area contributed by atoms with Gasteiger partial charge in [0, 0.05) is 46.1 Å². The van der Waals surface area contributed by atoms with Crippen LogP contribution in [0.4, 0.5) is 0 Å². The number of ketones is 1. The van der Waals surface area contributed by atoms with Crippen molar-refractivity contribution in [2.45, 2.75) is 90.4 Å². The molecule has 3 heterocycles. The van der Waals surface area contributed by atoms with Gasteiger partial charge in [-0.05, 0) is 127 Å². The highest BCUT2D eigenvalue weighted by Gasteiger charge is 2.36. The minimum atomic E-state index is -0.794. The number of ether oxygens (including phenoxy) is 2. The summed E-state index contributed by atoms with van der Waals surface area (Å²) >= 11 is 6.31. The lowest BCUT2D eigenvalue weighted by Crippen LogP contribution is -2.40. The molecule has 1 aliphatic heterocycles. The zero-order chi connectivity index (χ0) is 36.2. The molecule has 0 amide bonds. The van der Waals surface area contributed by atoms with E-state index in [1.54, 1.807) is 6.92 Å². The summed E-state index contributed by atoms with van der Waals surface area (Å²) in [4.78, 5) is 32.9. The van der Waals surface area contributed by atoms with Gasteiger partial charge < -0.3 is 18.8 Å². The number of rotatable bonds is 8. The second-order valence-corrected chi connectivity index (χ2v) is 15.8. The van der Waals surface area contributed by atoms with Crippen molar-refractivity contribution in [1.29, 1.82) is 0 Å². The fourth-order valence-electron chi connectivity index (χ4n) is 8.21. The minimum Gasteiger partial charge on any atom is -0.469 e. The Bertz CT molecular complexity index is 2100. The Kier molecular flexibility index (Phi) is 9.58. The number of esters is 1. The van der Waals surface area contributed by atoms with Crippen molar-refractivity contribution in [3.63, 3.8) is 0 Å². The zero-order valence-electron chi connectivity index (χ0n) is 30.6. The van der Waals surface area contributed by atoms with Crippen LogP contribution in [0.1, 0.15) is 88.6 Å². The van der Waals surface area contributed by atoms with Gasteiger partial charge in [-0.3, -0.25) is 14.3 Å². The molecule has 2 aliphatic rings. The summed E-state index contributed by atoms with van der Waals surface area (Å²) in [5.41, 5.74) is 7.08. The number of fused-ring (bicyclic) bond motifs is 2. The third kappa shape index (κ3) is 6.96. The van der Waals surface area contributed by atoms with Crippen LogP contribution in [0.15, 0.2) is 52.9 Å². The standard InChI is InChI=1S/C41H47ClN4O5/c1-23-20-32-38(35(25-8-12-29(42)13-9-25)34(23)37(24(2)47)51-41(3,4)5)50-39(43-32)27-11-15-33-31(22-27)36(44-45(33)6)26-16-18-46(19-17-26)30-14-10-28(21-30)40(48)49-7/h8-9,11-13,15,20,22,26,28,30,37H,10,14,16-19,21H2,1-7H3/t28?,30-,37+/m0/s1. The Morgan fingerprint density at radius 2 is 1.71 bits per heavy atom. The molecule has 1 aliphatic carbocycles. The Balaban J connectivity index is 1.24. The van der Waals surface area contributed by atoms with Gasteiger partial charge in [0.15, 0.2) is 11.4 Å². The SMILES string of the molecule is COC(=O)C1CC[C@H](N2CCC(c3nn(C)c4ccc(-c5nc6cc(C)c([C@H](OC(C)(C)C)C(C)=O)c(-c7ccc(Cl)cc7)c6o5)cc34)CC2)C1. The average molecular weight is 711 g/mol. The van der Waals surface area contributed by atoms with Crippen LogP contribution in [0.25, 0.3) is 44.6 Å². The van der Waals surface area contributed by atoms with Crippen LogP contribution >= 0.6 is 11.6 Å². The van der Waals surface area contributed by atoms with Gasteiger partial charge in [0.1, 0.15) is 11.6 Å². The molecule has 2 fully saturated rings. The average Bonchev–Trinajstić information content (AvgIpc) is 3.84. The number of Topliss-reactive ketones (excluding diaryl/α,β-unsaturated/α-hetero) is 1. The van der Waals surface area contributed by atoms with Crippen molar-refractivity contribution in [3.8, 4) is 22.6 Å². The van der Waals surface area contributed by atoms with Gasteiger partial charge in [-0.25, -0.2) is 4.98 Å². The number of methoxy groups -OCH3 is 1. The first-order chi connectivity index (χ1) is 24.3. The predicted octanol–water partition coefficient (Wildman–Crippen LogP) is 8.98. The third-order valence-electron chi connectivity index (χ3n) is 10.7. The molecule has 1 saturated heterocycles. The number of benzene rings is 3. The van der Waals surface area contributed by atoms with Crippen molar-refractivity contribution >= 4 is 45.4 Å². The fourth-order valence-corrected chi connectivity index (χ4v) is 8.34. The number of carbonyl (C=O) groups excluding carboxylic acids is 2. The molecule has 10 heteroatoms. The Hall–Kier alpha value is -4.05. The Morgan fingerprint density at radius 1 is 1.00 bits per heavy atom. The van der Waals surface area contributed by atoms with E-state index in [1.807, 2.05) is 75.8 Å². The molecule has 0 N–H and O–H groups in total. The number of nitrogens with zero attached hydrogens (tertiary/aromatic N) is 4. The minimum absolute atomic E-state index is 0.0212. The summed E-state index contributed by atoms with van der Waals surface area (Å²) in [6, 6.07) is 16.3. The van der Waals surface area contributed by atoms with E-state index in [9.17, 15) is 9.59 Å². The van der Waals surface area contributed by atoms with E-state index in [4.69, 9.17) is 35.6 Å². The van der Waals surface area contributed by atoms with Gasteiger partial charge >= 0.3 is 5.97 Å². The van der Waals surface area contributed by atoms with Crippen LogP contribution in [-0.4, -0.2) is 63.3 Å². The zero-order valence-corrected chi connectivity index (χ0v) is 31.3. The van der Waals surface area contributed by atoms with Crippen molar-refractivity contribution in [1.82, 2.24) is 19.7 Å². The van der Waals surface area contributed by atoms with Crippen LogP contribution in [0.3, 0.4) is 0 Å². The Labute approximate surface area is 304 Å². The van der Waals surface area contributed by atoms with Crippen LogP contribution in [0, 0.1) is 12.8 Å². The van der Waals surface area contributed by atoms with E-state index < -0.39 is 11.7 Å². The van der Waals surface area contributed by atoms with Gasteiger partial charge in [0.05, 0.1) is 29.8 Å². The van der Waals surface area contributed by atoms with Crippen LogP contribution in [-0.2, 0) is 26.1 Å². The van der Waals surface area contributed by atoms with Gasteiger partial charge in [-0.15, -0.1) is 0 Å². The molecule has 5 aromatic rings. The molecule has 3 aromatic carbocycles. The first kappa shape index (κ1) is 35.4. The molecule has 1 unspecified atom stereocenters. The molecule has 9 nitrogen and oxygen atoms in total. The van der Waals surface area contributed by atoms with E-state index in [0.717, 1.165) is 89.6 Å². The van der Waals surface area contributed by atoms with Crippen molar-refractivity contribution in [3.05, 3.63) is 70.4 Å². The second kappa shape index (κ2) is 13.8. The summed E-state index contributed by atoms with van der Waals surface area (Å²) < 4.78 is 20.1. The van der Waals surface area contributed by atoms with Gasteiger partial charge in [-0.2, -0.15) is 5.10 Å². The van der Waals surface area contributed by atoms with Crippen LogP contribution < -0.4 is 0 Å². The molecule has 0 bridgehead atoms. The molecule has 0 radical (unpaired) electrons. The second-order valence-electron chi connectivity index (χ2n) is 15.3. The molecule has 2 aromatic heterocycles. The number of oxazole rings is 1. The maximum absolute atomic E-state index is 13.2. The number of aromatic nitrogens is 3. The number of halogens is 1. The fraction of sp³-hybridized carbons (Fsp3) is 0.463. The molecule has 3 atom stereocenters. The van der Waals surface area contributed by atoms with Gasteiger partial charge in [0.25, 0.3) is 0 Å². The van der Waals surface area contributed by atoms with Crippen molar-refractivity contribution in [2.24, 2.45) is 13.0 Å². The number of carbonyl (C=O) groups is 2. The summed E-state index contributed by atoms with van der Waals surface area (Å²) in [6.07, 6.45) is 4.07. The van der Waals surface area contributed by atoms with Crippen molar-refractivity contribution in [2.75, 3.05) is 20.2 Å².